The Balaban J connectivity index is 1.72. The third kappa shape index (κ3) is 5.21. The van der Waals surface area contributed by atoms with Crippen molar-refractivity contribution in [3.8, 4) is 5.75 Å². The molecule has 1 aliphatic carbocycles. The summed E-state index contributed by atoms with van der Waals surface area (Å²) in [6.07, 6.45) is -0.771. The fourth-order valence-corrected chi connectivity index (χ4v) is 2.46. The summed E-state index contributed by atoms with van der Waals surface area (Å²) in [6.45, 7) is -0.832. The monoisotopic (exact) mass is 303 g/mol. The number of nitrogens with two attached hydrogens (primary N) is 1. The van der Waals surface area contributed by atoms with Crippen LogP contribution in [0.1, 0.15) is 36.4 Å². The molecule has 0 heterocycles. The van der Waals surface area contributed by atoms with Gasteiger partial charge in [-0.25, -0.2) is 0 Å². The Kier molecular flexibility index (Phi) is 5.47. The highest BCUT2D eigenvalue weighted by Crippen LogP contribution is 2.30. The van der Waals surface area contributed by atoms with Crippen LogP contribution in [-0.4, -0.2) is 26.0 Å². The first-order chi connectivity index (χ1) is 9.96. The van der Waals surface area contributed by atoms with E-state index in [1.807, 2.05) is 18.2 Å². The van der Waals surface area contributed by atoms with Crippen LogP contribution in [0.25, 0.3) is 0 Å². The quantitative estimate of drug-likeness (QED) is 0.820. The molecule has 0 aliphatic heterocycles. The highest BCUT2D eigenvalue weighted by atomic mass is 19.4. The molecule has 2 N–H and O–H groups in total. The van der Waals surface area contributed by atoms with E-state index < -0.39 is 12.8 Å². The van der Waals surface area contributed by atoms with Gasteiger partial charge in [-0.15, -0.1) is 0 Å². The fraction of sp³-hybridized carbons (Fsp3) is 0.600. The highest BCUT2D eigenvalue weighted by molar-refractivity contribution is 5.38. The number of benzene rings is 1. The second kappa shape index (κ2) is 7.13. The third-order valence-electron chi connectivity index (χ3n) is 3.44. The van der Waals surface area contributed by atoms with Gasteiger partial charge in [-0.05, 0) is 42.5 Å². The van der Waals surface area contributed by atoms with Crippen LogP contribution in [0.4, 0.5) is 13.2 Å². The second-order valence-electron chi connectivity index (χ2n) is 5.23. The van der Waals surface area contributed by atoms with Crippen molar-refractivity contribution < 1.29 is 22.6 Å². The maximum atomic E-state index is 11.9. The van der Waals surface area contributed by atoms with E-state index in [9.17, 15) is 13.2 Å². The predicted molar refractivity (Wildman–Crippen MR) is 73.3 cm³/mol. The highest BCUT2D eigenvalue weighted by Gasteiger charge is 2.27. The van der Waals surface area contributed by atoms with Gasteiger partial charge < -0.3 is 15.2 Å². The second-order valence-corrected chi connectivity index (χ2v) is 5.23. The molecule has 0 bridgehead atoms. The van der Waals surface area contributed by atoms with Gasteiger partial charge in [-0.1, -0.05) is 6.07 Å². The lowest BCUT2D eigenvalue weighted by atomic mass is 9.88. The van der Waals surface area contributed by atoms with Crippen molar-refractivity contribution in [3.63, 3.8) is 0 Å². The van der Waals surface area contributed by atoms with Crippen LogP contribution in [0.2, 0.25) is 0 Å². The van der Waals surface area contributed by atoms with E-state index in [4.69, 9.17) is 10.5 Å². The van der Waals surface area contributed by atoms with Crippen LogP contribution in [0.15, 0.2) is 18.2 Å². The van der Waals surface area contributed by atoms with Gasteiger partial charge in [-0.2, -0.15) is 13.2 Å². The summed E-state index contributed by atoms with van der Waals surface area (Å²) < 4.78 is 45.6. The Labute approximate surface area is 122 Å². The number of fused-ring (bicyclic) bond motifs is 1. The van der Waals surface area contributed by atoms with Gasteiger partial charge in [0.05, 0.1) is 13.2 Å². The van der Waals surface area contributed by atoms with E-state index in [-0.39, 0.29) is 12.6 Å². The molecule has 3 nitrogen and oxygen atoms in total. The number of ether oxygens (including phenoxy) is 2. The molecule has 2 rings (SSSR count). The molecule has 6 heteroatoms. The van der Waals surface area contributed by atoms with E-state index >= 15 is 0 Å². The van der Waals surface area contributed by atoms with Crippen molar-refractivity contribution in [2.24, 2.45) is 5.73 Å². The molecule has 1 aromatic rings. The lowest BCUT2D eigenvalue weighted by Gasteiger charge is -2.22. The summed E-state index contributed by atoms with van der Waals surface area (Å²) >= 11 is 0. The minimum atomic E-state index is -4.27. The molecule has 0 aromatic heterocycles. The molecule has 118 valence electrons. The number of aryl methyl sites for hydroxylation is 1. The Morgan fingerprint density at radius 2 is 2.05 bits per heavy atom. The minimum absolute atomic E-state index is 0.0370. The molecule has 0 saturated heterocycles. The Bertz CT molecular complexity index is 463. The van der Waals surface area contributed by atoms with Gasteiger partial charge in [0.25, 0.3) is 0 Å². The fourth-order valence-electron chi connectivity index (χ4n) is 2.46. The molecule has 1 aliphatic rings. The van der Waals surface area contributed by atoms with Crippen LogP contribution < -0.4 is 10.5 Å². The number of hydrogen-bond acceptors (Lipinski definition) is 3. The molecule has 0 spiro atoms. The summed E-state index contributed by atoms with van der Waals surface area (Å²) in [5.74, 6) is 0.735. The van der Waals surface area contributed by atoms with Crippen LogP contribution in [0, 0.1) is 0 Å². The Morgan fingerprint density at radius 3 is 2.81 bits per heavy atom. The topological polar surface area (TPSA) is 44.5 Å². The number of hydrogen-bond donors (Lipinski definition) is 1. The zero-order valence-electron chi connectivity index (χ0n) is 11.8. The third-order valence-corrected chi connectivity index (χ3v) is 3.44. The van der Waals surface area contributed by atoms with Crippen molar-refractivity contribution in [1.29, 1.82) is 0 Å². The van der Waals surface area contributed by atoms with Crippen LogP contribution in [-0.2, 0) is 11.2 Å². The Hall–Kier alpha value is -1.27. The molecule has 0 saturated carbocycles. The normalized spacial score (nSPS) is 18.4. The molecular formula is C15H20F3NO2. The lowest BCUT2D eigenvalue weighted by Crippen LogP contribution is -2.18. The average Bonchev–Trinajstić information content (AvgIpc) is 2.42. The zero-order valence-corrected chi connectivity index (χ0v) is 11.8. The van der Waals surface area contributed by atoms with Gasteiger partial charge in [0.15, 0.2) is 0 Å². The number of alkyl halides is 3. The van der Waals surface area contributed by atoms with Crippen molar-refractivity contribution in [1.82, 2.24) is 0 Å². The lowest BCUT2D eigenvalue weighted by molar-refractivity contribution is -0.174. The molecule has 1 aromatic carbocycles. The Morgan fingerprint density at radius 1 is 1.24 bits per heavy atom. The average molecular weight is 303 g/mol. The summed E-state index contributed by atoms with van der Waals surface area (Å²) in [5, 5.41) is 0. The van der Waals surface area contributed by atoms with E-state index in [1.54, 1.807) is 0 Å². The number of halogens is 3. The molecule has 0 fully saturated rings. The first kappa shape index (κ1) is 16.1. The van der Waals surface area contributed by atoms with Gasteiger partial charge >= 0.3 is 6.18 Å². The molecule has 0 amide bonds. The van der Waals surface area contributed by atoms with Crippen molar-refractivity contribution in [3.05, 3.63) is 29.3 Å². The van der Waals surface area contributed by atoms with Gasteiger partial charge in [0.2, 0.25) is 0 Å². The largest absolute Gasteiger partial charge is 0.493 e. The van der Waals surface area contributed by atoms with Gasteiger partial charge in [0, 0.05) is 12.5 Å². The van der Waals surface area contributed by atoms with Crippen LogP contribution >= 0.6 is 0 Å². The first-order valence-electron chi connectivity index (χ1n) is 7.11. The van der Waals surface area contributed by atoms with E-state index in [0.29, 0.717) is 13.0 Å². The van der Waals surface area contributed by atoms with Crippen molar-refractivity contribution in [2.75, 3.05) is 19.8 Å². The van der Waals surface area contributed by atoms with Gasteiger partial charge in [-0.3, -0.25) is 0 Å². The first-order valence-corrected chi connectivity index (χ1v) is 7.11. The van der Waals surface area contributed by atoms with Crippen LogP contribution in [0.3, 0.4) is 0 Å². The van der Waals surface area contributed by atoms with E-state index in [2.05, 4.69) is 4.74 Å². The molecule has 21 heavy (non-hydrogen) atoms. The van der Waals surface area contributed by atoms with Crippen molar-refractivity contribution >= 4 is 0 Å². The maximum absolute atomic E-state index is 11.9. The van der Waals surface area contributed by atoms with Crippen LogP contribution in [0.5, 0.6) is 5.75 Å². The molecule has 1 unspecified atom stereocenters. The number of rotatable bonds is 6. The molecular weight excluding hydrogens is 283 g/mol. The minimum Gasteiger partial charge on any atom is -0.493 e. The standard InChI is InChI=1S/C15H20F3NO2/c16-15(17,18)10-20-7-2-8-21-12-5-6-13-11(9-12)3-1-4-14(13)19/h5-6,9,14H,1-4,7-8,10,19H2. The predicted octanol–water partition coefficient (Wildman–Crippen LogP) is 3.37. The van der Waals surface area contributed by atoms with Gasteiger partial charge in [0.1, 0.15) is 12.4 Å². The summed E-state index contributed by atoms with van der Waals surface area (Å²) in [6, 6.07) is 5.92. The van der Waals surface area contributed by atoms with Crippen molar-refractivity contribution in [2.45, 2.75) is 37.9 Å². The molecule has 1 atom stereocenters. The van der Waals surface area contributed by atoms with E-state index in [1.165, 1.54) is 11.1 Å². The SMILES string of the molecule is NC1CCCc2cc(OCCCOCC(F)(F)F)ccc21. The molecule has 0 radical (unpaired) electrons. The summed E-state index contributed by atoms with van der Waals surface area (Å²) in [5.41, 5.74) is 8.41. The smallest absolute Gasteiger partial charge is 0.411 e. The summed E-state index contributed by atoms with van der Waals surface area (Å²) in [4.78, 5) is 0. The van der Waals surface area contributed by atoms with E-state index in [0.717, 1.165) is 25.0 Å². The maximum Gasteiger partial charge on any atom is 0.411 e. The zero-order chi connectivity index (χ0) is 15.3. The summed E-state index contributed by atoms with van der Waals surface area (Å²) in [7, 11) is 0.